The average molecular weight is 386 g/mol. The quantitative estimate of drug-likeness (QED) is 0.750. The molecule has 0 saturated carbocycles. The van der Waals surface area contributed by atoms with Gasteiger partial charge in [-0.25, -0.2) is 0 Å². The Morgan fingerprint density at radius 1 is 1.28 bits per heavy atom. The summed E-state index contributed by atoms with van der Waals surface area (Å²) in [6, 6.07) is 9.34. The SMILES string of the molecule is CSCCC(NC(=O)Cc1ccccc1)C(=O)N1CCC(N)CC1.Cl. The second kappa shape index (κ2) is 11.4. The van der Waals surface area contributed by atoms with Crippen LogP contribution in [0.2, 0.25) is 0 Å². The molecule has 7 heteroatoms. The van der Waals surface area contributed by atoms with Crippen LogP contribution < -0.4 is 11.1 Å². The Labute approximate surface area is 160 Å². The van der Waals surface area contributed by atoms with E-state index in [1.165, 1.54) is 0 Å². The lowest BCUT2D eigenvalue weighted by atomic mass is 10.0. The molecule has 1 aromatic rings. The number of amides is 2. The highest BCUT2D eigenvalue weighted by molar-refractivity contribution is 7.98. The molecule has 0 radical (unpaired) electrons. The fraction of sp³-hybridized carbons (Fsp3) is 0.556. The van der Waals surface area contributed by atoms with Crippen molar-refractivity contribution in [1.29, 1.82) is 0 Å². The van der Waals surface area contributed by atoms with Crippen molar-refractivity contribution in [2.45, 2.75) is 37.8 Å². The van der Waals surface area contributed by atoms with E-state index in [1.54, 1.807) is 11.8 Å². The van der Waals surface area contributed by atoms with Crippen LogP contribution in [-0.4, -0.2) is 53.9 Å². The molecule has 0 spiro atoms. The van der Waals surface area contributed by atoms with Crippen LogP contribution in [0.3, 0.4) is 0 Å². The Hall–Kier alpha value is -1.24. The number of benzene rings is 1. The third-order valence-corrected chi connectivity index (χ3v) is 4.95. The first kappa shape index (κ1) is 21.8. The van der Waals surface area contributed by atoms with Crippen molar-refractivity contribution >= 4 is 36.0 Å². The first-order valence-corrected chi connectivity index (χ1v) is 9.86. The summed E-state index contributed by atoms with van der Waals surface area (Å²) < 4.78 is 0. The van der Waals surface area contributed by atoms with Crippen LogP contribution in [0.25, 0.3) is 0 Å². The zero-order valence-corrected chi connectivity index (χ0v) is 16.3. The third-order valence-electron chi connectivity index (χ3n) is 4.30. The highest BCUT2D eigenvalue weighted by Crippen LogP contribution is 2.12. The summed E-state index contributed by atoms with van der Waals surface area (Å²) in [7, 11) is 0. The number of carbonyl (C=O) groups is 2. The molecule has 1 aliphatic rings. The number of nitrogens with two attached hydrogens (primary N) is 1. The van der Waals surface area contributed by atoms with E-state index in [-0.39, 0.29) is 30.3 Å². The summed E-state index contributed by atoms with van der Waals surface area (Å²) in [5.74, 6) is 0.766. The fourth-order valence-corrected chi connectivity index (χ4v) is 3.33. The molecule has 1 saturated heterocycles. The number of likely N-dealkylation sites (tertiary alicyclic amines) is 1. The standard InChI is InChI=1S/C18H27N3O2S.ClH/c1-24-12-9-16(18(23)21-10-7-15(19)8-11-21)20-17(22)13-14-5-3-2-4-6-14;/h2-6,15-16H,7-13,19H2,1H3,(H,20,22);1H. The van der Waals surface area contributed by atoms with E-state index in [0.717, 1.165) is 24.2 Å². The fourth-order valence-electron chi connectivity index (χ4n) is 2.86. The zero-order chi connectivity index (χ0) is 17.4. The number of carbonyl (C=O) groups excluding carboxylic acids is 2. The van der Waals surface area contributed by atoms with Gasteiger partial charge in [0.1, 0.15) is 6.04 Å². The maximum Gasteiger partial charge on any atom is 0.245 e. The lowest BCUT2D eigenvalue weighted by Gasteiger charge is -2.33. The number of hydrogen-bond donors (Lipinski definition) is 2. The van der Waals surface area contributed by atoms with E-state index in [4.69, 9.17) is 5.73 Å². The molecule has 0 bridgehead atoms. The molecule has 3 N–H and O–H groups in total. The number of nitrogens with zero attached hydrogens (tertiary/aromatic N) is 1. The molecular formula is C18H28ClN3O2S. The van der Waals surface area contributed by atoms with Gasteiger partial charge >= 0.3 is 0 Å². The van der Waals surface area contributed by atoms with Crippen molar-refractivity contribution < 1.29 is 9.59 Å². The van der Waals surface area contributed by atoms with E-state index < -0.39 is 6.04 Å². The van der Waals surface area contributed by atoms with Gasteiger partial charge in [0.25, 0.3) is 0 Å². The summed E-state index contributed by atoms with van der Waals surface area (Å²) in [5, 5.41) is 2.93. The maximum absolute atomic E-state index is 12.8. The number of rotatable bonds is 7. The van der Waals surface area contributed by atoms with Gasteiger partial charge in [0.15, 0.2) is 0 Å². The minimum Gasteiger partial charge on any atom is -0.344 e. The number of piperidine rings is 1. The summed E-state index contributed by atoms with van der Waals surface area (Å²) in [4.78, 5) is 26.9. The van der Waals surface area contributed by atoms with E-state index >= 15 is 0 Å². The van der Waals surface area contributed by atoms with Crippen LogP contribution in [0.1, 0.15) is 24.8 Å². The molecule has 1 aromatic carbocycles. The Kier molecular flexibility index (Phi) is 9.93. The molecular weight excluding hydrogens is 358 g/mol. The Morgan fingerprint density at radius 2 is 1.92 bits per heavy atom. The molecule has 1 aliphatic heterocycles. The minimum atomic E-state index is -0.442. The van der Waals surface area contributed by atoms with Gasteiger partial charge in [0.05, 0.1) is 6.42 Å². The van der Waals surface area contributed by atoms with Crippen LogP contribution in [0.4, 0.5) is 0 Å². The van der Waals surface area contributed by atoms with Crippen LogP contribution in [0.15, 0.2) is 30.3 Å². The van der Waals surface area contributed by atoms with E-state index in [2.05, 4.69) is 5.32 Å². The van der Waals surface area contributed by atoms with Gasteiger partial charge < -0.3 is 16.0 Å². The summed E-state index contributed by atoms with van der Waals surface area (Å²) >= 11 is 1.68. The first-order chi connectivity index (χ1) is 11.6. The molecule has 1 atom stereocenters. The normalized spacial score (nSPS) is 16.0. The second-order valence-corrected chi connectivity index (χ2v) is 7.21. The predicted octanol–water partition coefficient (Wildman–Crippen LogP) is 1.84. The zero-order valence-electron chi connectivity index (χ0n) is 14.6. The van der Waals surface area contributed by atoms with Crippen molar-refractivity contribution in [3.63, 3.8) is 0 Å². The van der Waals surface area contributed by atoms with E-state index in [1.807, 2.05) is 41.5 Å². The molecule has 1 unspecified atom stereocenters. The Bertz CT molecular complexity index is 536. The lowest BCUT2D eigenvalue weighted by molar-refractivity contribution is -0.137. The van der Waals surface area contributed by atoms with Gasteiger partial charge in [-0.05, 0) is 36.8 Å². The van der Waals surface area contributed by atoms with Gasteiger partial charge in [-0.3, -0.25) is 9.59 Å². The molecule has 1 heterocycles. The highest BCUT2D eigenvalue weighted by atomic mass is 35.5. The van der Waals surface area contributed by atoms with Crippen molar-refractivity contribution in [2.75, 3.05) is 25.1 Å². The summed E-state index contributed by atoms with van der Waals surface area (Å²) in [6.07, 6.45) is 4.63. The monoisotopic (exact) mass is 385 g/mol. The molecule has 2 amide bonds. The number of halogens is 1. The van der Waals surface area contributed by atoms with Gasteiger partial charge in [-0.15, -0.1) is 12.4 Å². The number of hydrogen-bond acceptors (Lipinski definition) is 4. The van der Waals surface area contributed by atoms with Crippen LogP contribution in [-0.2, 0) is 16.0 Å². The third kappa shape index (κ3) is 7.26. The topological polar surface area (TPSA) is 75.4 Å². The minimum absolute atomic E-state index is 0. The van der Waals surface area contributed by atoms with Crippen LogP contribution in [0, 0.1) is 0 Å². The van der Waals surface area contributed by atoms with Crippen molar-refractivity contribution in [1.82, 2.24) is 10.2 Å². The predicted molar refractivity (Wildman–Crippen MR) is 106 cm³/mol. The molecule has 25 heavy (non-hydrogen) atoms. The van der Waals surface area contributed by atoms with Crippen LogP contribution >= 0.6 is 24.2 Å². The molecule has 0 aliphatic carbocycles. The van der Waals surface area contributed by atoms with Gasteiger partial charge in [0.2, 0.25) is 11.8 Å². The molecule has 5 nitrogen and oxygen atoms in total. The first-order valence-electron chi connectivity index (χ1n) is 8.46. The largest absolute Gasteiger partial charge is 0.344 e. The lowest BCUT2D eigenvalue weighted by Crippen LogP contribution is -2.52. The van der Waals surface area contributed by atoms with Crippen molar-refractivity contribution in [3.05, 3.63) is 35.9 Å². The van der Waals surface area contributed by atoms with Gasteiger partial charge in [-0.2, -0.15) is 11.8 Å². The molecule has 1 fully saturated rings. The smallest absolute Gasteiger partial charge is 0.245 e. The second-order valence-electron chi connectivity index (χ2n) is 6.23. The van der Waals surface area contributed by atoms with E-state index in [0.29, 0.717) is 25.9 Å². The maximum atomic E-state index is 12.8. The number of thioether (sulfide) groups is 1. The van der Waals surface area contributed by atoms with E-state index in [9.17, 15) is 9.59 Å². The molecule has 0 aromatic heterocycles. The van der Waals surface area contributed by atoms with Crippen molar-refractivity contribution in [3.8, 4) is 0 Å². The Balaban J connectivity index is 0.00000312. The van der Waals surface area contributed by atoms with Gasteiger partial charge in [-0.1, -0.05) is 30.3 Å². The summed E-state index contributed by atoms with van der Waals surface area (Å²) in [6.45, 7) is 1.37. The molecule has 2 rings (SSSR count). The van der Waals surface area contributed by atoms with Gasteiger partial charge in [0, 0.05) is 19.1 Å². The average Bonchev–Trinajstić information content (AvgIpc) is 2.59. The highest BCUT2D eigenvalue weighted by Gasteiger charge is 2.28. The number of nitrogens with one attached hydrogen (secondary N) is 1. The molecule has 140 valence electrons. The van der Waals surface area contributed by atoms with Crippen LogP contribution in [0.5, 0.6) is 0 Å². The Morgan fingerprint density at radius 3 is 2.52 bits per heavy atom. The van der Waals surface area contributed by atoms with Crippen molar-refractivity contribution in [2.24, 2.45) is 5.73 Å². The summed E-state index contributed by atoms with van der Waals surface area (Å²) in [5.41, 5.74) is 6.86.